The minimum atomic E-state index is -4.34. The molecule has 1 atom stereocenters. The van der Waals surface area contributed by atoms with Gasteiger partial charge in [-0.3, -0.25) is 4.79 Å². The van der Waals surface area contributed by atoms with E-state index in [1.54, 1.807) is 4.90 Å². The Labute approximate surface area is 156 Å². The van der Waals surface area contributed by atoms with Crippen LogP contribution in [-0.2, 0) is 9.53 Å². The second kappa shape index (κ2) is 9.59. The molecule has 6 nitrogen and oxygen atoms in total. The van der Waals surface area contributed by atoms with Crippen LogP contribution in [0.15, 0.2) is 24.3 Å². The number of amides is 3. The van der Waals surface area contributed by atoms with E-state index in [2.05, 4.69) is 15.4 Å². The van der Waals surface area contributed by atoms with Crippen molar-refractivity contribution in [3.05, 3.63) is 29.8 Å². The highest BCUT2D eigenvalue weighted by atomic mass is 19.4. The number of carbonyl (C=O) groups is 2. The average molecular weight is 387 g/mol. The van der Waals surface area contributed by atoms with Crippen LogP contribution in [0.1, 0.15) is 37.8 Å². The molecule has 0 aliphatic carbocycles. The van der Waals surface area contributed by atoms with Gasteiger partial charge in [-0.25, -0.2) is 4.79 Å². The van der Waals surface area contributed by atoms with Crippen molar-refractivity contribution >= 4 is 17.6 Å². The van der Waals surface area contributed by atoms with Crippen LogP contribution in [0.4, 0.5) is 23.7 Å². The first-order valence-corrected chi connectivity index (χ1v) is 8.85. The number of urea groups is 1. The molecule has 150 valence electrons. The van der Waals surface area contributed by atoms with Gasteiger partial charge in [0.1, 0.15) is 6.61 Å². The van der Waals surface area contributed by atoms with Crippen LogP contribution in [0, 0.1) is 0 Å². The second-order valence-electron chi connectivity index (χ2n) is 6.39. The molecule has 0 spiro atoms. The molecule has 2 N–H and O–H groups in total. The van der Waals surface area contributed by atoms with Crippen molar-refractivity contribution in [2.75, 3.05) is 31.2 Å². The molecular formula is C18H24F3N3O3. The molecule has 0 bridgehead atoms. The first-order valence-electron chi connectivity index (χ1n) is 8.85. The van der Waals surface area contributed by atoms with E-state index >= 15 is 0 Å². The highest BCUT2D eigenvalue weighted by Gasteiger charge is 2.27. The fourth-order valence-electron chi connectivity index (χ4n) is 2.78. The third-order valence-electron chi connectivity index (χ3n) is 4.12. The number of hydrogen-bond acceptors (Lipinski definition) is 3. The van der Waals surface area contributed by atoms with Gasteiger partial charge in [-0.05, 0) is 37.5 Å². The van der Waals surface area contributed by atoms with Crippen LogP contribution in [0.5, 0.6) is 0 Å². The zero-order valence-corrected chi connectivity index (χ0v) is 15.1. The smallest absolute Gasteiger partial charge is 0.372 e. The molecule has 0 aromatic heterocycles. The quantitative estimate of drug-likeness (QED) is 0.674. The topological polar surface area (TPSA) is 70.7 Å². The summed E-state index contributed by atoms with van der Waals surface area (Å²) in [5, 5.41) is 5.35. The van der Waals surface area contributed by atoms with Gasteiger partial charge in [0.15, 0.2) is 0 Å². The minimum absolute atomic E-state index is 0.0821. The van der Waals surface area contributed by atoms with E-state index in [9.17, 15) is 22.8 Å². The fraction of sp³-hybridized carbons (Fsp3) is 0.556. The summed E-state index contributed by atoms with van der Waals surface area (Å²) in [6, 6.07) is 6.73. The van der Waals surface area contributed by atoms with Gasteiger partial charge in [-0.1, -0.05) is 12.1 Å². The standard InChI is InChI=1S/C18H24F3N3O3/c1-13(23-17(26)22-8-4-10-27-12-18(19,20)21)14-5-2-6-15(11-14)24-9-3-7-16(24)25/h2,5-6,11,13H,3-4,7-10,12H2,1H3,(H2,22,23,26). The molecule has 3 amide bonds. The van der Waals surface area contributed by atoms with Crippen molar-refractivity contribution < 1.29 is 27.5 Å². The summed E-state index contributed by atoms with van der Waals surface area (Å²) in [5.41, 5.74) is 1.67. The molecule has 9 heteroatoms. The van der Waals surface area contributed by atoms with Gasteiger partial charge in [-0.2, -0.15) is 13.2 Å². The molecule has 0 saturated carbocycles. The second-order valence-corrected chi connectivity index (χ2v) is 6.39. The van der Waals surface area contributed by atoms with E-state index in [-0.39, 0.29) is 31.5 Å². The lowest BCUT2D eigenvalue weighted by Crippen LogP contribution is -2.37. The number of anilines is 1. The molecule has 0 radical (unpaired) electrons. The van der Waals surface area contributed by atoms with Gasteiger partial charge < -0.3 is 20.3 Å². The number of nitrogens with zero attached hydrogens (tertiary/aromatic N) is 1. The Bertz CT molecular complexity index is 652. The van der Waals surface area contributed by atoms with E-state index < -0.39 is 18.8 Å². The maximum atomic E-state index is 11.9. The summed E-state index contributed by atoms with van der Waals surface area (Å²) < 4.78 is 40.2. The number of benzene rings is 1. The van der Waals surface area contributed by atoms with Crippen LogP contribution in [-0.4, -0.2) is 44.4 Å². The molecule has 1 aliphatic heterocycles. The first-order chi connectivity index (χ1) is 12.8. The Balaban J connectivity index is 1.73. The number of carbonyl (C=O) groups excluding carboxylic acids is 2. The SMILES string of the molecule is CC(NC(=O)NCCCOCC(F)(F)F)c1cccc(N2CCCC2=O)c1. The average Bonchev–Trinajstić information content (AvgIpc) is 3.03. The number of ether oxygens (including phenoxy) is 1. The molecule has 1 aliphatic rings. The van der Waals surface area contributed by atoms with Crippen molar-refractivity contribution in [1.82, 2.24) is 10.6 Å². The van der Waals surface area contributed by atoms with Crippen molar-refractivity contribution in [3.8, 4) is 0 Å². The Morgan fingerprint density at radius 2 is 2.15 bits per heavy atom. The van der Waals surface area contributed by atoms with Crippen molar-refractivity contribution in [2.45, 2.75) is 38.4 Å². The van der Waals surface area contributed by atoms with E-state index in [0.29, 0.717) is 13.0 Å². The third-order valence-corrected chi connectivity index (χ3v) is 4.12. The summed E-state index contributed by atoms with van der Waals surface area (Å²) in [5.74, 6) is 0.0956. The predicted octanol–water partition coefficient (Wildman–Crippen LogP) is 3.14. The molecule has 1 aromatic carbocycles. The number of nitrogens with one attached hydrogen (secondary N) is 2. The fourth-order valence-corrected chi connectivity index (χ4v) is 2.78. The van der Waals surface area contributed by atoms with Crippen LogP contribution < -0.4 is 15.5 Å². The van der Waals surface area contributed by atoms with Gasteiger partial charge in [-0.15, -0.1) is 0 Å². The highest BCUT2D eigenvalue weighted by Crippen LogP contribution is 2.24. The normalized spacial score (nSPS) is 15.7. The maximum absolute atomic E-state index is 11.9. The Kier molecular flexibility index (Phi) is 7.46. The number of halogens is 3. The molecule has 2 rings (SSSR count). The first kappa shape index (κ1) is 21.0. The minimum Gasteiger partial charge on any atom is -0.372 e. The molecule has 27 heavy (non-hydrogen) atoms. The summed E-state index contributed by atoms with van der Waals surface area (Å²) in [6.45, 7) is 1.35. The van der Waals surface area contributed by atoms with Crippen LogP contribution in [0.25, 0.3) is 0 Å². The predicted molar refractivity (Wildman–Crippen MR) is 94.5 cm³/mol. The lowest BCUT2D eigenvalue weighted by atomic mass is 10.1. The van der Waals surface area contributed by atoms with Crippen LogP contribution in [0.3, 0.4) is 0 Å². The summed E-state index contributed by atoms with van der Waals surface area (Å²) in [4.78, 5) is 25.5. The number of alkyl halides is 3. The number of rotatable bonds is 8. The molecule has 1 saturated heterocycles. The largest absolute Gasteiger partial charge is 0.411 e. The van der Waals surface area contributed by atoms with Gasteiger partial charge in [0.2, 0.25) is 5.91 Å². The lowest BCUT2D eigenvalue weighted by Gasteiger charge is -2.19. The van der Waals surface area contributed by atoms with Gasteiger partial charge in [0.05, 0.1) is 6.04 Å². The summed E-state index contributed by atoms with van der Waals surface area (Å²) in [6.07, 6.45) is -2.67. The maximum Gasteiger partial charge on any atom is 0.411 e. The van der Waals surface area contributed by atoms with Gasteiger partial charge >= 0.3 is 12.2 Å². The molecule has 1 heterocycles. The molecular weight excluding hydrogens is 363 g/mol. The third kappa shape index (κ3) is 7.09. The number of hydrogen-bond donors (Lipinski definition) is 2. The van der Waals surface area contributed by atoms with Gasteiger partial charge in [0.25, 0.3) is 0 Å². The van der Waals surface area contributed by atoms with Crippen molar-refractivity contribution in [2.24, 2.45) is 0 Å². The molecule has 1 fully saturated rings. The van der Waals surface area contributed by atoms with Crippen molar-refractivity contribution in [3.63, 3.8) is 0 Å². The van der Waals surface area contributed by atoms with E-state index in [1.807, 2.05) is 31.2 Å². The zero-order chi connectivity index (χ0) is 19.9. The monoisotopic (exact) mass is 387 g/mol. The van der Waals surface area contributed by atoms with E-state index in [0.717, 1.165) is 17.7 Å². The highest BCUT2D eigenvalue weighted by molar-refractivity contribution is 5.95. The van der Waals surface area contributed by atoms with E-state index in [4.69, 9.17) is 0 Å². The Hall–Kier alpha value is -2.29. The summed E-state index contributed by atoms with van der Waals surface area (Å²) in [7, 11) is 0. The Morgan fingerprint density at radius 1 is 1.37 bits per heavy atom. The molecule has 1 unspecified atom stereocenters. The van der Waals surface area contributed by atoms with Gasteiger partial charge in [0, 0.05) is 31.8 Å². The van der Waals surface area contributed by atoms with Crippen molar-refractivity contribution in [1.29, 1.82) is 0 Å². The Morgan fingerprint density at radius 3 is 2.81 bits per heavy atom. The van der Waals surface area contributed by atoms with Crippen LogP contribution >= 0.6 is 0 Å². The zero-order valence-electron chi connectivity index (χ0n) is 15.1. The summed E-state index contributed by atoms with van der Waals surface area (Å²) >= 11 is 0. The van der Waals surface area contributed by atoms with Crippen LogP contribution in [0.2, 0.25) is 0 Å². The lowest BCUT2D eigenvalue weighted by molar-refractivity contribution is -0.173. The van der Waals surface area contributed by atoms with E-state index in [1.165, 1.54) is 0 Å². The molecule has 1 aromatic rings.